The molecule has 0 bridgehead atoms. The van der Waals surface area contributed by atoms with Crippen molar-refractivity contribution in [3.05, 3.63) is 422 Å². The number of rotatable bonds is 25. The van der Waals surface area contributed by atoms with Gasteiger partial charge in [-0.3, -0.25) is 0 Å². The highest BCUT2D eigenvalue weighted by Crippen LogP contribution is 2.57. The van der Waals surface area contributed by atoms with Crippen molar-refractivity contribution in [1.82, 2.24) is 59.0 Å². The summed E-state index contributed by atoms with van der Waals surface area (Å²) in [4.78, 5) is 55.7. The predicted octanol–water partition coefficient (Wildman–Crippen LogP) is 35.4. The maximum absolute atomic E-state index is 5.71. The SMILES string of the molecule is CCCCc1cc(I)cc(-c2nc(-c3cc(I)cc(C(C)(C)C)c3)nc(-c3ccc(-n4c5ccccc5c5cc6c(cc54)C(C)(C)c4cc(CC5(C)c7ccccc7-c7cc8c9ccccc9n(-c9ccc(-c%10nc(-c%11cc(I)cc(I)c%11)nc(-c%11cc(CCCC)cc(CCCC)c%11)n%10)cc9-c9cc(-c%10ccccc%10)nc(-c%10ccccc%10)n9)c8cc75)ccc4-6)c(-c4nc(-c5ccccc5)cc(-c5ccccc5)n4)c3)n2)c1. The van der Waals surface area contributed by atoms with Gasteiger partial charge < -0.3 is 9.13 Å². The van der Waals surface area contributed by atoms with Gasteiger partial charge in [-0.05, 0) is 365 Å². The number of nitrogens with zero attached hydrogens (tertiary/aromatic N) is 12. The molecular weight excluding hydrogens is 2260 g/mol. The van der Waals surface area contributed by atoms with Crippen molar-refractivity contribution in [2.75, 3.05) is 0 Å². The average molecular weight is 2370 g/mol. The summed E-state index contributed by atoms with van der Waals surface area (Å²) in [5.41, 5.74) is 35.7. The van der Waals surface area contributed by atoms with Crippen molar-refractivity contribution >= 4 is 134 Å². The second kappa shape index (κ2) is 39.7. The summed E-state index contributed by atoms with van der Waals surface area (Å²) in [5.74, 6) is 4.77. The Labute approximate surface area is 918 Å². The Kier molecular flexibility index (Phi) is 25.8. The number of halogens is 4. The maximum atomic E-state index is 5.71. The van der Waals surface area contributed by atoms with Gasteiger partial charge in [-0.2, -0.15) is 0 Å². The molecule has 6 heterocycles. The molecule has 16 heteroatoms. The Morgan fingerprint density at radius 1 is 0.243 bits per heavy atom. The van der Waals surface area contributed by atoms with Gasteiger partial charge in [0.2, 0.25) is 0 Å². The molecule has 6 aromatic heterocycles. The summed E-state index contributed by atoms with van der Waals surface area (Å²) >= 11 is 9.75. The Balaban J connectivity index is 0.659. The molecule has 0 radical (unpaired) electrons. The van der Waals surface area contributed by atoms with E-state index in [0.29, 0.717) is 46.6 Å². The first kappa shape index (κ1) is 96.4. The molecule has 1 atom stereocenters. The first-order valence-corrected chi connectivity index (χ1v) is 55.8. The number of aromatic nitrogens is 12. The van der Waals surface area contributed by atoms with E-state index < -0.39 is 10.8 Å². The molecule has 22 aromatic rings. The molecule has 0 amide bonds. The van der Waals surface area contributed by atoms with E-state index in [1.54, 1.807) is 0 Å². The lowest BCUT2D eigenvalue weighted by Crippen LogP contribution is -2.24. The quantitative estimate of drug-likeness (QED) is 0.0508. The molecule has 0 N–H and O–H groups in total. The normalized spacial score (nSPS) is 13.5. The maximum Gasteiger partial charge on any atom is 0.164 e. The molecule has 24 rings (SSSR count). The lowest BCUT2D eigenvalue weighted by atomic mass is 9.74. The summed E-state index contributed by atoms with van der Waals surface area (Å²) in [7, 11) is 0. The Bertz CT molecular complexity index is 8880. The van der Waals surface area contributed by atoms with Gasteiger partial charge in [-0.15, -0.1) is 0 Å². The van der Waals surface area contributed by atoms with Crippen molar-refractivity contribution in [3.63, 3.8) is 0 Å². The number of para-hydroxylation sites is 2. The third-order valence-corrected chi connectivity index (χ3v) is 32.4. The van der Waals surface area contributed by atoms with Crippen LogP contribution in [0.3, 0.4) is 0 Å². The fourth-order valence-electron chi connectivity index (χ4n) is 22.4. The van der Waals surface area contributed by atoms with Crippen molar-refractivity contribution in [1.29, 1.82) is 0 Å². The molecule has 1 unspecified atom stereocenters. The smallest absolute Gasteiger partial charge is 0.164 e. The van der Waals surface area contributed by atoms with Crippen LogP contribution in [0.2, 0.25) is 0 Å². The molecule has 0 fully saturated rings. The zero-order valence-electron chi connectivity index (χ0n) is 84.0. The summed E-state index contributed by atoms with van der Waals surface area (Å²) in [6.07, 6.45) is 10.2. The molecule has 148 heavy (non-hydrogen) atoms. The predicted molar refractivity (Wildman–Crippen MR) is 643 cm³/mol. The van der Waals surface area contributed by atoms with Gasteiger partial charge in [0.15, 0.2) is 46.6 Å². The van der Waals surface area contributed by atoms with Crippen molar-refractivity contribution in [2.24, 2.45) is 0 Å². The fraction of sp³-hybridized carbons (Fsp3) is 0.167. The van der Waals surface area contributed by atoms with E-state index in [-0.39, 0.29) is 5.41 Å². The molecule has 0 saturated heterocycles. The summed E-state index contributed by atoms with van der Waals surface area (Å²) in [5, 5.41) is 4.59. The van der Waals surface area contributed by atoms with Crippen molar-refractivity contribution < 1.29 is 0 Å². The minimum Gasteiger partial charge on any atom is -0.309 e. The Morgan fingerprint density at radius 2 is 0.628 bits per heavy atom. The molecule has 0 saturated carbocycles. The van der Waals surface area contributed by atoms with E-state index in [9.17, 15) is 0 Å². The topological polar surface area (TPSA) is 139 Å². The number of hydrogen-bond donors (Lipinski definition) is 0. The van der Waals surface area contributed by atoms with Crippen LogP contribution in [-0.4, -0.2) is 59.0 Å². The second-order valence-corrected chi connectivity index (χ2v) is 46.4. The second-order valence-electron chi connectivity index (χ2n) is 41.4. The zero-order valence-corrected chi connectivity index (χ0v) is 92.6. The molecular formula is C132H106I4N12. The van der Waals surface area contributed by atoms with E-state index in [0.717, 1.165) is 223 Å². The van der Waals surface area contributed by atoms with Gasteiger partial charge in [-0.1, -0.05) is 288 Å². The minimum absolute atomic E-state index is 0.136. The summed E-state index contributed by atoms with van der Waals surface area (Å²) in [6, 6.07) is 131. The first-order valence-electron chi connectivity index (χ1n) is 51.4. The lowest BCUT2D eigenvalue weighted by molar-refractivity contribution is 0.581. The molecule has 16 aromatic carbocycles. The average Bonchev–Trinajstić information content (AvgIpc) is 1.54. The van der Waals surface area contributed by atoms with Crippen LogP contribution in [0.5, 0.6) is 0 Å². The monoisotopic (exact) mass is 2370 g/mol. The van der Waals surface area contributed by atoms with E-state index in [1.807, 2.05) is 6.07 Å². The van der Waals surface area contributed by atoms with E-state index in [1.165, 1.54) is 72.3 Å². The van der Waals surface area contributed by atoms with E-state index >= 15 is 0 Å². The number of hydrogen-bond acceptors (Lipinski definition) is 10. The Morgan fingerprint density at radius 3 is 1.15 bits per heavy atom. The minimum atomic E-state index is -0.510. The largest absolute Gasteiger partial charge is 0.309 e. The highest BCUT2D eigenvalue weighted by molar-refractivity contribution is 14.1. The van der Waals surface area contributed by atoms with Crippen LogP contribution in [0.15, 0.2) is 358 Å². The van der Waals surface area contributed by atoms with Gasteiger partial charge >= 0.3 is 0 Å². The number of unbranched alkanes of at least 4 members (excludes halogenated alkanes) is 3. The zero-order chi connectivity index (χ0) is 101. The van der Waals surface area contributed by atoms with E-state index in [2.05, 4.69) is 514 Å². The van der Waals surface area contributed by atoms with Gasteiger partial charge in [-0.25, -0.2) is 49.8 Å². The molecule has 2 aliphatic carbocycles. The number of fused-ring (bicyclic) bond motifs is 12. The van der Waals surface area contributed by atoms with E-state index in [4.69, 9.17) is 49.8 Å². The standard InChI is InChI=1S/C132H106I4N12/c1-10-13-34-79-57-80(35-14-11-2)59-89(58-79)125-141-123(144-128(145-125)92-66-96(135)71-97(136)67-92)87-52-55-118(106(68-87)115-77-114(85-41-24-18-25-42-85)137-122(140-115)86-43-26-19-27-44-86)147-116-49-32-29-47-101(116)105-73-103-98-45-28-31-48-108(98)132(9,111(103)75-121(105)147)78-82-51-54-99-102-72-104-100-46-30-33-50-117(100)148(120(104)74-110(102)131(7,8)109(99)62-82)119-56-53-88(69-107(119)129-138-112(83-37-20-16-21-38-83)76-113(139-129)84-39-22-17-23-40-84)124-142-126(90-60-81(36-15-12-3)61-94(133)64-90)146-127(143-124)91-63-93(130(4,5)6)70-95(134)65-91/h16-33,37-77H,10-15,34-36,78H2,1-9H3. The molecule has 0 aliphatic heterocycles. The molecule has 0 spiro atoms. The van der Waals surface area contributed by atoms with Crippen LogP contribution in [-0.2, 0) is 41.9 Å². The third-order valence-electron chi connectivity index (χ3n) is 29.9. The lowest BCUT2D eigenvalue weighted by Gasteiger charge is -2.29. The highest BCUT2D eigenvalue weighted by Gasteiger charge is 2.43. The third kappa shape index (κ3) is 18.2. The van der Waals surface area contributed by atoms with Gasteiger partial charge in [0.25, 0.3) is 0 Å². The summed E-state index contributed by atoms with van der Waals surface area (Å²) in [6.45, 7) is 20.9. The van der Waals surface area contributed by atoms with Gasteiger partial charge in [0, 0.05) is 113 Å². The Hall–Kier alpha value is -13.8. The molecule has 12 nitrogen and oxygen atoms in total. The first-order chi connectivity index (χ1) is 72.0. The van der Waals surface area contributed by atoms with Crippen LogP contribution in [0.25, 0.3) is 213 Å². The molecule has 722 valence electrons. The van der Waals surface area contributed by atoms with Gasteiger partial charge in [0.1, 0.15) is 0 Å². The van der Waals surface area contributed by atoms with Crippen molar-refractivity contribution in [2.45, 2.75) is 143 Å². The molecule has 2 aliphatic rings. The number of benzene rings is 16. The highest BCUT2D eigenvalue weighted by atomic mass is 127. The van der Waals surface area contributed by atoms with Crippen LogP contribution < -0.4 is 0 Å². The summed E-state index contributed by atoms with van der Waals surface area (Å²) < 4.78 is 9.42. The van der Waals surface area contributed by atoms with Crippen LogP contribution in [0.1, 0.15) is 151 Å². The van der Waals surface area contributed by atoms with Gasteiger partial charge in [0.05, 0.1) is 56.2 Å². The van der Waals surface area contributed by atoms with Crippen molar-refractivity contribution in [3.8, 4) is 170 Å². The number of aryl methyl sites for hydroxylation is 3. The van der Waals surface area contributed by atoms with Crippen LogP contribution in [0.4, 0.5) is 0 Å². The van der Waals surface area contributed by atoms with Crippen LogP contribution in [0, 0.1) is 14.3 Å². The fourth-order valence-corrected chi connectivity index (χ4v) is 25.7. The van der Waals surface area contributed by atoms with Crippen LogP contribution >= 0.6 is 90.4 Å².